The van der Waals surface area contributed by atoms with E-state index in [2.05, 4.69) is 11.0 Å². The summed E-state index contributed by atoms with van der Waals surface area (Å²) in [6.45, 7) is 2.98. The number of rotatable bonds is 5. The van der Waals surface area contributed by atoms with Crippen molar-refractivity contribution in [1.29, 1.82) is 0 Å². The van der Waals surface area contributed by atoms with E-state index in [1.807, 2.05) is 77.7 Å². The van der Waals surface area contributed by atoms with Gasteiger partial charge in [-0.1, -0.05) is 71.9 Å². The van der Waals surface area contributed by atoms with Crippen molar-refractivity contribution in [2.45, 2.75) is 5.03 Å². The molecular formula is C26H23ClN4OS. The lowest BCUT2D eigenvalue weighted by Crippen LogP contribution is -2.49. The number of fused-ring (bicyclic) bond motifs is 1. The summed E-state index contributed by atoms with van der Waals surface area (Å²) in [4.78, 5) is 26.9. The van der Waals surface area contributed by atoms with E-state index in [1.54, 1.807) is 0 Å². The van der Waals surface area contributed by atoms with E-state index in [0.29, 0.717) is 18.8 Å². The zero-order valence-corrected chi connectivity index (χ0v) is 19.6. The van der Waals surface area contributed by atoms with Gasteiger partial charge >= 0.3 is 0 Å². The molecule has 7 heteroatoms. The molecule has 0 aliphatic carbocycles. The average molecular weight is 475 g/mol. The molecular weight excluding hydrogens is 452 g/mol. The van der Waals surface area contributed by atoms with Crippen LogP contribution in [0.1, 0.15) is 0 Å². The summed E-state index contributed by atoms with van der Waals surface area (Å²) in [6, 6.07) is 25.7. The summed E-state index contributed by atoms with van der Waals surface area (Å²) in [6.07, 6.45) is 0. The van der Waals surface area contributed by atoms with E-state index in [0.717, 1.165) is 51.1 Å². The van der Waals surface area contributed by atoms with Crippen molar-refractivity contribution in [2.75, 3.05) is 36.8 Å². The number of halogens is 1. The number of para-hydroxylation sites is 2. The molecule has 0 bridgehead atoms. The van der Waals surface area contributed by atoms with Gasteiger partial charge in [-0.15, -0.1) is 0 Å². The van der Waals surface area contributed by atoms with Gasteiger partial charge in [-0.25, -0.2) is 9.97 Å². The highest BCUT2D eigenvalue weighted by atomic mass is 35.5. The molecule has 0 atom stereocenters. The number of nitrogens with zero attached hydrogens (tertiary/aromatic N) is 4. The third kappa shape index (κ3) is 4.97. The smallest absolute Gasteiger partial charge is 0.233 e. The summed E-state index contributed by atoms with van der Waals surface area (Å²) >= 11 is 7.59. The maximum Gasteiger partial charge on any atom is 0.233 e. The van der Waals surface area contributed by atoms with Gasteiger partial charge in [0.15, 0.2) is 0 Å². The van der Waals surface area contributed by atoms with Crippen molar-refractivity contribution in [3.8, 4) is 11.3 Å². The lowest BCUT2D eigenvalue weighted by molar-refractivity contribution is -0.128. The maximum absolute atomic E-state index is 13.0. The van der Waals surface area contributed by atoms with E-state index >= 15 is 0 Å². The Balaban J connectivity index is 1.28. The van der Waals surface area contributed by atoms with Crippen LogP contribution < -0.4 is 4.90 Å². The minimum atomic E-state index is 0.125. The summed E-state index contributed by atoms with van der Waals surface area (Å²) in [5.41, 5.74) is 4.60. The maximum atomic E-state index is 13.0. The Bertz CT molecular complexity index is 1280. The fourth-order valence-electron chi connectivity index (χ4n) is 3.98. The second kappa shape index (κ2) is 9.81. The summed E-state index contributed by atoms with van der Waals surface area (Å²) in [7, 11) is 0. The Kier molecular flexibility index (Phi) is 6.46. The summed E-state index contributed by atoms with van der Waals surface area (Å²) in [5.74, 6) is 0.462. The minimum Gasteiger partial charge on any atom is -0.368 e. The first kappa shape index (κ1) is 21.7. The van der Waals surface area contributed by atoms with E-state index < -0.39 is 0 Å². The zero-order chi connectivity index (χ0) is 22.6. The normalized spacial score (nSPS) is 14.0. The number of carbonyl (C=O) groups excluding carboxylic acids is 1. The van der Waals surface area contributed by atoms with Gasteiger partial charge in [-0.3, -0.25) is 4.79 Å². The van der Waals surface area contributed by atoms with Crippen LogP contribution in [0.5, 0.6) is 0 Å². The van der Waals surface area contributed by atoms with E-state index in [-0.39, 0.29) is 5.91 Å². The molecule has 1 aliphatic heterocycles. The van der Waals surface area contributed by atoms with Crippen molar-refractivity contribution in [1.82, 2.24) is 14.9 Å². The Labute approximate surface area is 202 Å². The highest BCUT2D eigenvalue weighted by Crippen LogP contribution is 2.30. The Hall–Kier alpha value is -3.09. The van der Waals surface area contributed by atoms with Gasteiger partial charge < -0.3 is 9.80 Å². The molecule has 3 aromatic carbocycles. The molecule has 0 N–H and O–H groups in total. The molecule has 1 aromatic heterocycles. The first-order valence-corrected chi connectivity index (χ1v) is 12.3. The van der Waals surface area contributed by atoms with Crippen molar-refractivity contribution in [3.63, 3.8) is 0 Å². The monoisotopic (exact) mass is 474 g/mol. The number of carbonyl (C=O) groups is 1. The molecule has 5 nitrogen and oxygen atoms in total. The third-order valence-corrected chi connectivity index (χ3v) is 6.91. The van der Waals surface area contributed by atoms with Crippen molar-refractivity contribution in [2.24, 2.45) is 0 Å². The van der Waals surface area contributed by atoms with Gasteiger partial charge in [-0.05, 0) is 30.3 Å². The molecule has 1 fully saturated rings. The highest BCUT2D eigenvalue weighted by molar-refractivity contribution is 8.00. The fourth-order valence-corrected chi connectivity index (χ4v) is 5.07. The number of thioether (sulfide) groups is 1. The van der Waals surface area contributed by atoms with Crippen molar-refractivity contribution >= 4 is 46.0 Å². The van der Waals surface area contributed by atoms with Crippen LogP contribution in [0, 0.1) is 0 Å². The lowest BCUT2D eigenvalue weighted by atomic mass is 10.1. The minimum absolute atomic E-state index is 0.125. The van der Waals surface area contributed by atoms with Crippen LogP contribution >= 0.6 is 23.4 Å². The van der Waals surface area contributed by atoms with Crippen LogP contribution in [-0.4, -0.2) is 52.7 Å². The van der Waals surface area contributed by atoms with Gasteiger partial charge in [-0.2, -0.15) is 0 Å². The molecule has 0 spiro atoms. The molecule has 166 valence electrons. The molecule has 4 aromatic rings. The van der Waals surface area contributed by atoms with Gasteiger partial charge in [0.25, 0.3) is 0 Å². The second-order valence-electron chi connectivity index (χ2n) is 7.87. The van der Waals surface area contributed by atoms with E-state index in [9.17, 15) is 4.79 Å². The topological polar surface area (TPSA) is 49.3 Å². The van der Waals surface area contributed by atoms with Crippen LogP contribution in [-0.2, 0) is 4.79 Å². The van der Waals surface area contributed by atoms with E-state index in [4.69, 9.17) is 21.6 Å². The number of hydrogen-bond acceptors (Lipinski definition) is 5. The largest absolute Gasteiger partial charge is 0.368 e. The number of anilines is 1. The first-order valence-electron chi connectivity index (χ1n) is 10.9. The third-order valence-electron chi connectivity index (χ3n) is 5.72. The highest BCUT2D eigenvalue weighted by Gasteiger charge is 2.22. The number of piperazine rings is 1. The Morgan fingerprint density at radius 1 is 0.848 bits per heavy atom. The first-order chi connectivity index (χ1) is 16.2. The molecule has 2 heterocycles. The predicted molar refractivity (Wildman–Crippen MR) is 136 cm³/mol. The van der Waals surface area contributed by atoms with Crippen molar-refractivity contribution in [3.05, 3.63) is 83.9 Å². The van der Waals surface area contributed by atoms with Gasteiger partial charge in [0.2, 0.25) is 5.91 Å². The Morgan fingerprint density at radius 2 is 1.55 bits per heavy atom. The molecule has 1 saturated heterocycles. The number of aromatic nitrogens is 2. The molecule has 0 radical (unpaired) electrons. The predicted octanol–water partition coefficient (Wildman–Crippen LogP) is 5.39. The lowest BCUT2D eigenvalue weighted by Gasteiger charge is -2.36. The summed E-state index contributed by atoms with van der Waals surface area (Å²) < 4.78 is 0. The van der Waals surface area contributed by atoms with Crippen LogP contribution in [0.25, 0.3) is 22.3 Å². The number of hydrogen-bond donors (Lipinski definition) is 0. The summed E-state index contributed by atoms with van der Waals surface area (Å²) in [5, 5.41) is 1.51. The van der Waals surface area contributed by atoms with Gasteiger partial charge in [0, 0.05) is 42.5 Å². The number of amides is 1. The molecule has 5 rings (SSSR count). The molecule has 33 heavy (non-hydrogen) atoms. The van der Waals surface area contributed by atoms with Gasteiger partial charge in [0.05, 0.1) is 16.8 Å². The number of benzene rings is 3. The molecule has 0 unspecified atom stereocenters. The Morgan fingerprint density at radius 3 is 2.27 bits per heavy atom. The van der Waals surface area contributed by atoms with Gasteiger partial charge in [0.1, 0.15) is 10.7 Å². The van der Waals surface area contributed by atoms with Crippen LogP contribution in [0.3, 0.4) is 0 Å². The molecule has 0 saturated carbocycles. The molecule has 1 aliphatic rings. The standard InChI is InChI=1S/C26H23ClN4OS/c27-20-9-6-10-21(17-20)30-13-15-31(16-14-30)24(32)18-33-26-25(19-7-2-1-3-8-19)28-22-11-4-5-12-23(22)29-26/h1-12,17H,13-16,18H2. The zero-order valence-electron chi connectivity index (χ0n) is 18.0. The van der Waals surface area contributed by atoms with Crippen LogP contribution in [0.4, 0.5) is 5.69 Å². The van der Waals surface area contributed by atoms with Crippen LogP contribution in [0.2, 0.25) is 5.02 Å². The van der Waals surface area contributed by atoms with E-state index in [1.165, 1.54) is 11.8 Å². The van der Waals surface area contributed by atoms with Crippen molar-refractivity contribution < 1.29 is 4.79 Å². The molecule has 1 amide bonds. The quantitative estimate of drug-likeness (QED) is 0.363. The SMILES string of the molecule is O=C(CSc1nc2ccccc2nc1-c1ccccc1)N1CCN(c2cccc(Cl)c2)CC1. The average Bonchev–Trinajstić information content (AvgIpc) is 2.87. The second-order valence-corrected chi connectivity index (χ2v) is 9.27. The fraction of sp³-hybridized carbons (Fsp3) is 0.192. The van der Waals surface area contributed by atoms with Crippen LogP contribution in [0.15, 0.2) is 83.9 Å².